The number of benzene rings is 1. The topological polar surface area (TPSA) is 63.6 Å². The number of aromatic nitrogens is 4. The second-order valence-corrected chi connectivity index (χ2v) is 3.90. The number of nitrogens with zero attached hydrogens (tertiary/aromatic N) is 4. The van der Waals surface area contributed by atoms with Crippen LogP contribution in [0.5, 0.6) is 0 Å². The molecule has 2 aromatic heterocycles. The Bertz CT molecular complexity index is 638. The number of anilines is 2. The van der Waals surface area contributed by atoms with E-state index in [9.17, 15) is 0 Å². The third kappa shape index (κ3) is 2.71. The summed E-state index contributed by atoms with van der Waals surface area (Å²) in [6.07, 6.45) is 5.08. The molecule has 0 saturated heterocycles. The molecule has 0 spiro atoms. The normalized spacial score (nSPS) is 10.1. The fraction of sp³-hybridized carbons (Fsp3) is 0. The largest absolute Gasteiger partial charge is 0.324 e. The predicted molar refractivity (Wildman–Crippen MR) is 72.8 cm³/mol. The highest BCUT2D eigenvalue weighted by atomic mass is 15.1. The summed E-state index contributed by atoms with van der Waals surface area (Å²) in [6.45, 7) is 0. The first-order chi connectivity index (χ1) is 9.42. The van der Waals surface area contributed by atoms with Crippen LogP contribution in [-0.4, -0.2) is 20.2 Å². The SMILES string of the molecule is c1ccc(Nc2ncc(-c3cccnn3)cn2)cc1. The second kappa shape index (κ2) is 5.22. The fourth-order valence-electron chi connectivity index (χ4n) is 1.63. The van der Waals surface area contributed by atoms with Gasteiger partial charge in [0.15, 0.2) is 0 Å². The van der Waals surface area contributed by atoms with Crippen molar-refractivity contribution < 1.29 is 0 Å². The van der Waals surface area contributed by atoms with Crippen molar-refractivity contribution in [3.63, 3.8) is 0 Å². The van der Waals surface area contributed by atoms with Gasteiger partial charge in [-0.25, -0.2) is 9.97 Å². The maximum absolute atomic E-state index is 4.26. The second-order valence-electron chi connectivity index (χ2n) is 3.90. The van der Waals surface area contributed by atoms with E-state index >= 15 is 0 Å². The molecule has 0 radical (unpaired) electrons. The van der Waals surface area contributed by atoms with Crippen LogP contribution in [0.15, 0.2) is 61.1 Å². The van der Waals surface area contributed by atoms with Gasteiger partial charge >= 0.3 is 0 Å². The molecule has 0 aliphatic heterocycles. The summed E-state index contributed by atoms with van der Waals surface area (Å²) in [6, 6.07) is 13.5. The number of hydrogen-bond acceptors (Lipinski definition) is 5. The zero-order valence-corrected chi connectivity index (χ0v) is 10.1. The van der Waals surface area contributed by atoms with E-state index in [1.807, 2.05) is 42.5 Å². The van der Waals surface area contributed by atoms with Crippen LogP contribution in [0.2, 0.25) is 0 Å². The lowest BCUT2D eigenvalue weighted by Gasteiger charge is -2.04. The Balaban J connectivity index is 1.80. The molecular formula is C14H11N5. The smallest absolute Gasteiger partial charge is 0.227 e. The zero-order chi connectivity index (χ0) is 12.9. The molecule has 3 aromatic rings. The van der Waals surface area contributed by atoms with E-state index in [-0.39, 0.29) is 0 Å². The van der Waals surface area contributed by atoms with Gasteiger partial charge in [0.2, 0.25) is 5.95 Å². The Morgan fingerprint density at radius 2 is 1.63 bits per heavy atom. The van der Waals surface area contributed by atoms with Crippen LogP contribution in [0.25, 0.3) is 11.3 Å². The quantitative estimate of drug-likeness (QED) is 0.773. The van der Waals surface area contributed by atoms with E-state index < -0.39 is 0 Å². The molecule has 1 N–H and O–H groups in total. The first kappa shape index (κ1) is 11.3. The van der Waals surface area contributed by atoms with Crippen molar-refractivity contribution in [2.45, 2.75) is 0 Å². The van der Waals surface area contributed by atoms with Crippen molar-refractivity contribution in [1.82, 2.24) is 20.2 Å². The minimum absolute atomic E-state index is 0.554. The van der Waals surface area contributed by atoms with Gasteiger partial charge in [-0.05, 0) is 24.3 Å². The maximum Gasteiger partial charge on any atom is 0.227 e. The fourth-order valence-corrected chi connectivity index (χ4v) is 1.63. The molecule has 3 rings (SSSR count). The molecule has 0 fully saturated rings. The Morgan fingerprint density at radius 3 is 2.32 bits per heavy atom. The number of rotatable bonds is 3. The lowest BCUT2D eigenvalue weighted by Crippen LogP contribution is -1.97. The zero-order valence-electron chi connectivity index (χ0n) is 10.1. The standard InChI is InChI=1S/C14H11N5/c1-2-5-12(6-3-1)18-14-15-9-11(10-16-14)13-7-4-8-17-19-13/h1-10H,(H,15,16,18). The van der Waals surface area contributed by atoms with Crippen LogP contribution in [-0.2, 0) is 0 Å². The van der Waals surface area contributed by atoms with Gasteiger partial charge in [-0.15, -0.1) is 0 Å². The van der Waals surface area contributed by atoms with Gasteiger partial charge in [-0.2, -0.15) is 10.2 Å². The third-order valence-corrected chi connectivity index (χ3v) is 2.55. The van der Waals surface area contributed by atoms with E-state index in [2.05, 4.69) is 25.5 Å². The van der Waals surface area contributed by atoms with Crippen LogP contribution in [0.1, 0.15) is 0 Å². The number of hydrogen-bond donors (Lipinski definition) is 1. The highest BCUT2D eigenvalue weighted by Crippen LogP contribution is 2.16. The number of nitrogens with one attached hydrogen (secondary N) is 1. The lowest BCUT2D eigenvalue weighted by atomic mass is 10.2. The molecule has 0 aliphatic carbocycles. The van der Waals surface area contributed by atoms with Crippen LogP contribution >= 0.6 is 0 Å². The Morgan fingerprint density at radius 1 is 0.842 bits per heavy atom. The van der Waals surface area contributed by atoms with Crippen LogP contribution < -0.4 is 5.32 Å². The van der Waals surface area contributed by atoms with E-state index in [1.165, 1.54) is 0 Å². The molecule has 0 aliphatic rings. The van der Waals surface area contributed by atoms with Gasteiger partial charge in [0.25, 0.3) is 0 Å². The average Bonchev–Trinajstić information content (AvgIpc) is 2.50. The summed E-state index contributed by atoms with van der Waals surface area (Å²) in [5, 5.41) is 11.0. The molecule has 2 heterocycles. The van der Waals surface area contributed by atoms with Crippen molar-refractivity contribution in [3.8, 4) is 11.3 Å². The van der Waals surface area contributed by atoms with Gasteiger partial charge in [-0.3, -0.25) is 0 Å². The highest BCUT2D eigenvalue weighted by molar-refractivity contribution is 5.58. The monoisotopic (exact) mass is 249 g/mol. The van der Waals surface area contributed by atoms with Gasteiger partial charge in [0, 0.05) is 29.8 Å². The molecule has 0 atom stereocenters. The molecule has 0 amide bonds. The maximum atomic E-state index is 4.26. The van der Waals surface area contributed by atoms with Crippen molar-refractivity contribution in [2.75, 3.05) is 5.32 Å². The van der Waals surface area contributed by atoms with Crippen LogP contribution in [0.3, 0.4) is 0 Å². The predicted octanol–water partition coefficient (Wildman–Crippen LogP) is 2.68. The van der Waals surface area contributed by atoms with Gasteiger partial charge in [-0.1, -0.05) is 18.2 Å². The van der Waals surface area contributed by atoms with E-state index in [0.717, 1.165) is 16.9 Å². The van der Waals surface area contributed by atoms with Gasteiger partial charge in [0.1, 0.15) is 0 Å². The van der Waals surface area contributed by atoms with Crippen molar-refractivity contribution >= 4 is 11.6 Å². The van der Waals surface area contributed by atoms with E-state index in [1.54, 1.807) is 18.6 Å². The summed E-state index contributed by atoms with van der Waals surface area (Å²) >= 11 is 0. The summed E-state index contributed by atoms with van der Waals surface area (Å²) in [7, 11) is 0. The average molecular weight is 249 g/mol. The van der Waals surface area contributed by atoms with Crippen molar-refractivity contribution in [2.24, 2.45) is 0 Å². The first-order valence-electron chi connectivity index (χ1n) is 5.84. The van der Waals surface area contributed by atoms with Gasteiger partial charge in [0.05, 0.1) is 5.69 Å². The molecule has 19 heavy (non-hydrogen) atoms. The van der Waals surface area contributed by atoms with Crippen LogP contribution in [0, 0.1) is 0 Å². The first-order valence-corrected chi connectivity index (χ1v) is 5.84. The molecule has 5 heteroatoms. The molecule has 5 nitrogen and oxygen atoms in total. The third-order valence-electron chi connectivity index (χ3n) is 2.55. The van der Waals surface area contributed by atoms with Crippen LogP contribution in [0.4, 0.5) is 11.6 Å². The molecule has 92 valence electrons. The minimum Gasteiger partial charge on any atom is -0.324 e. The Labute approximate surface area is 110 Å². The summed E-state index contributed by atoms with van der Waals surface area (Å²) in [5.74, 6) is 0.554. The van der Waals surface area contributed by atoms with E-state index in [4.69, 9.17) is 0 Å². The number of para-hydroxylation sites is 1. The van der Waals surface area contributed by atoms with Crippen molar-refractivity contribution in [1.29, 1.82) is 0 Å². The van der Waals surface area contributed by atoms with Crippen molar-refractivity contribution in [3.05, 3.63) is 61.1 Å². The molecule has 0 unspecified atom stereocenters. The molecule has 0 saturated carbocycles. The highest BCUT2D eigenvalue weighted by Gasteiger charge is 2.01. The van der Waals surface area contributed by atoms with E-state index in [0.29, 0.717) is 5.95 Å². The summed E-state index contributed by atoms with van der Waals surface area (Å²) in [5.41, 5.74) is 2.55. The molecule has 0 bridgehead atoms. The lowest BCUT2D eigenvalue weighted by molar-refractivity contribution is 1.03. The molecular weight excluding hydrogens is 238 g/mol. The summed E-state index contributed by atoms with van der Waals surface area (Å²) < 4.78 is 0. The Hall–Kier alpha value is -2.82. The van der Waals surface area contributed by atoms with Gasteiger partial charge < -0.3 is 5.32 Å². The summed E-state index contributed by atoms with van der Waals surface area (Å²) in [4.78, 5) is 8.52. The molecule has 1 aromatic carbocycles. The Kier molecular flexibility index (Phi) is 3.10. The minimum atomic E-state index is 0.554.